The normalized spacial score (nSPS) is 12.9. The topological polar surface area (TPSA) is 34.5 Å². The monoisotopic (exact) mass is 338 g/mol. The molecule has 4 rings (SSSR count). The van der Waals surface area contributed by atoms with E-state index in [1.165, 1.54) is 22.7 Å². The number of hydrogen-bond acceptors (Lipinski definition) is 4. The van der Waals surface area contributed by atoms with Crippen LogP contribution in [-0.2, 0) is 12.8 Å². The van der Waals surface area contributed by atoms with Gasteiger partial charge in [-0.25, -0.2) is 14.4 Å². The minimum atomic E-state index is -0.278. The number of hydrogen-bond donors (Lipinski definition) is 0. The van der Waals surface area contributed by atoms with Crippen molar-refractivity contribution in [1.82, 2.24) is 4.98 Å². The maximum absolute atomic E-state index is 13.7. The Hall–Kier alpha value is -2.53. The largest absolute Gasteiger partial charge is 0.497 e. The second kappa shape index (κ2) is 6.17. The van der Waals surface area contributed by atoms with E-state index in [4.69, 9.17) is 4.74 Å². The molecule has 0 N–H and O–H groups in total. The first-order valence-corrected chi connectivity index (χ1v) is 8.52. The first kappa shape index (κ1) is 15.0. The summed E-state index contributed by atoms with van der Waals surface area (Å²) in [4.78, 5) is 10.2. The van der Waals surface area contributed by atoms with E-state index in [1.54, 1.807) is 36.6 Å². The van der Waals surface area contributed by atoms with Crippen LogP contribution in [0.4, 0.5) is 9.52 Å². The molecule has 1 heterocycles. The van der Waals surface area contributed by atoms with Crippen LogP contribution in [-0.4, -0.2) is 18.3 Å². The van der Waals surface area contributed by atoms with E-state index in [1.807, 2.05) is 6.07 Å². The molecule has 3 aromatic rings. The van der Waals surface area contributed by atoms with Gasteiger partial charge in [-0.3, -0.25) is 0 Å². The predicted molar refractivity (Wildman–Crippen MR) is 95.2 cm³/mol. The molecule has 2 aromatic carbocycles. The molecule has 0 aliphatic heterocycles. The maximum atomic E-state index is 13.7. The fourth-order valence-electron chi connectivity index (χ4n) is 2.86. The molecule has 0 amide bonds. The first-order chi connectivity index (χ1) is 11.7. The summed E-state index contributed by atoms with van der Waals surface area (Å²) in [6, 6.07) is 12.7. The SMILES string of the molecule is COc1ccc2c(c1)CCc1sc(N=Cc3ccccc3F)nc1-2. The van der Waals surface area contributed by atoms with Crippen molar-refractivity contribution in [2.75, 3.05) is 7.11 Å². The zero-order chi connectivity index (χ0) is 16.5. The third-order valence-corrected chi connectivity index (χ3v) is 5.12. The van der Waals surface area contributed by atoms with Gasteiger partial charge in [0.25, 0.3) is 0 Å². The quantitative estimate of drug-likeness (QED) is 0.643. The highest BCUT2D eigenvalue weighted by Gasteiger charge is 2.21. The smallest absolute Gasteiger partial charge is 0.209 e. The number of methoxy groups -OCH3 is 1. The van der Waals surface area contributed by atoms with Crippen LogP contribution in [0.25, 0.3) is 11.3 Å². The number of ether oxygens (including phenoxy) is 1. The lowest BCUT2D eigenvalue weighted by Gasteiger charge is -2.15. The summed E-state index contributed by atoms with van der Waals surface area (Å²) in [5.74, 6) is 0.588. The Bertz CT molecular complexity index is 933. The number of nitrogens with zero attached hydrogens (tertiary/aromatic N) is 2. The molecule has 0 saturated heterocycles. The van der Waals surface area contributed by atoms with Gasteiger partial charge in [0.1, 0.15) is 11.6 Å². The second-order valence-corrected chi connectivity index (χ2v) is 6.63. The molecule has 0 fully saturated rings. The molecule has 5 heteroatoms. The highest BCUT2D eigenvalue weighted by atomic mass is 32.1. The van der Waals surface area contributed by atoms with E-state index < -0.39 is 0 Å². The van der Waals surface area contributed by atoms with Gasteiger partial charge in [0.15, 0.2) is 0 Å². The van der Waals surface area contributed by atoms with Crippen molar-refractivity contribution in [2.24, 2.45) is 4.99 Å². The summed E-state index contributed by atoms with van der Waals surface area (Å²) in [5.41, 5.74) is 3.85. The number of aliphatic imine (C=N–C) groups is 1. The fourth-order valence-corrected chi connectivity index (χ4v) is 3.78. The average molecular weight is 338 g/mol. The molecular formula is C19H15FN2OS. The van der Waals surface area contributed by atoms with Crippen molar-refractivity contribution in [3.63, 3.8) is 0 Å². The van der Waals surface area contributed by atoms with E-state index in [9.17, 15) is 4.39 Å². The number of aryl methyl sites for hydroxylation is 2. The molecule has 1 aliphatic rings. The number of thiazole rings is 1. The van der Waals surface area contributed by atoms with Gasteiger partial charge in [-0.1, -0.05) is 29.5 Å². The van der Waals surface area contributed by atoms with Crippen molar-refractivity contribution in [3.05, 3.63) is 64.3 Å². The Kier molecular flexibility index (Phi) is 3.86. The van der Waals surface area contributed by atoms with Gasteiger partial charge in [0.05, 0.1) is 12.8 Å². The average Bonchev–Trinajstić information content (AvgIpc) is 3.04. The van der Waals surface area contributed by atoms with Crippen LogP contribution >= 0.6 is 11.3 Å². The lowest BCUT2D eigenvalue weighted by molar-refractivity contribution is 0.414. The molecule has 1 aliphatic carbocycles. The Morgan fingerprint density at radius 1 is 1.21 bits per heavy atom. The fraction of sp³-hybridized carbons (Fsp3) is 0.158. The van der Waals surface area contributed by atoms with Crippen LogP contribution in [0.1, 0.15) is 16.0 Å². The van der Waals surface area contributed by atoms with Crippen molar-refractivity contribution >= 4 is 22.7 Å². The van der Waals surface area contributed by atoms with E-state index in [-0.39, 0.29) is 5.82 Å². The maximum Gasteiger partial charge on any atom is 0.209 e. The van der Waals surface area contributed by atoms with Crippen LogP contribution in [0, 0.1) is 5.82 Å². The van der Waals surface area contributed by atoms with Gasteiger partial charge >= 0.3 is 0 Å². The van der Waals surface area contributed by atoms with E-state index >= 15 is 0 Å². The number of benzene rings is 2. The zero-order valence-corrected chi connectivity index (χ0v) is 13.9. The standard InChI is InChI=1S/C19H15FN2OS/c1-23-14-7-8-15-12(10-14)6-9-17-18(15)22-19(24-17)21-11-13-4-2-3-5-16(13)20/h2-5,7-8,10-11H,6,9H2,1H3. The van der Waals surface area contributed by atoms with E-state index in [2.05, 4.69) is 22.1 Å². The Balaban J connectivity index is 1.68. The molecule has 0 unspecified atom stereocenters. The van der Waals surface area contributed by atoms with Crippen LogP contribution in [0.15, 0.2) is 47.5 Å². The molecule has 1 aromatic heterocycles. The van der Waals surface area contributed by atoms with Gasteiger partial charge < -0.3 is 4.74 Å². The van der Waals surface area contributed by atoms with Crippen LogP contribution < -0.4 is 4.74 Å². The molecule has 0 radical (unpaired) electrons. The number of fused-ring (bicyclic) bond motifs is 3. The van der Waals surface area contributed by atoms with E-state index in [0.717, 1.165) is 29.8 Å². The van der Waals surface area contributed by atoms with Crippen molar-refractivity contribution in [3.8, 4) is 17.0 Å². The van der Waals surface area contributed by atoms with Crippen LogP contribution in [0.5, 0.6) is 5.75 Å². The lowest BCUT2D eigenvalue weighted by Crippen LogP contribution is -2.02. The molecule has 0 spiro atoms. The molecule has 0 atom stereocenters. The van der Waals surface area contributed by atoms with Gasteiger partial charge in [-0.2, -0.15) is 0 Å². The van der Waals surface area contributed by atoms with Crippen LogP contribution in [0.3, 0.4) is 0 Å². The predicted octanol–water partition coefficient (Wildman–Crippen LogP) is 4.81. The van der Waals surface area contributed by atoms with Gasteiger partial charge in [-0.15, -0.1) is 0 Å². The number of aromatic nitrogens is 1. The highest BCUT2D eigenvalue weighted by molar-refractivity contribution is 7.15. The zero-order valence-electron chi connectivity index (χ0n) is 13.1. The third-order valence-electron chi connectivity index (χ3n) is 4.09. The second-order valence-electron chi connectivity index (χ2n) is 5.57. The van der Waals surface area contributed by atoms with Crippen LogP contribution in [0.2, 0.25) is 0 Å². The molecule has 0 saturated carbocycles. The molecule has 24 heavy (non-hydrogen) atoms. The summed E-state index contributed by atoms with van der Waals surface area (Å²) in [7, 11) is 1.67. The van der Waals surface area contributed by atoms with Gasteiger partial charge in [-0.05, 0) is 42.7 Å². The van der Waals surface area contributed by atoms with E-state index in [0.29, 0.717) is 10.7 Å². The first-order valence-electron chi connectivity index (χ1n) is 7.70. The highest BCUT2D eigenvalue weighted by Crippen LogP contribution is 2.40. The summed E-state index contributed by atoms with van der Waals surface area (Å²) >= 11 is 1.57. The summed E-state index contributed by atoms with van der Waals surface area (Å²) in [6.45, 7) is 0. The molecule has 0 bridgehead atoms. The Morgan fingerprint density at radius 2 is 2.08 bits per heavy atom. The molecular weight excluding hydrogens is 323 g/mol. The number of halogens is 1. The minimum Gasteiger partial charge on any atom is -0.497 e. The Labute approximate surface area is 143 Å². The summed E-state index contributed by atoms with van der Waals surface area (Å²) in [5, 5.41) is 0.659. The summed E-state index contributed by atoms with van der Waals surface area (Å²) < 4.78 is 19.0. The lowest BCUT2D eigenvalue weighted by atomic mass is 9.93. The van der Waals surface area contributed by atoms with Gasteiger partial charge in [0.2, 0.25) is 5.13 Å². The molecule has 120 valence electrons. The van der Waals surface area contributed by atoms with Crippen molar-refractivity contribution in [1.29, 1.82) is 0 Å². The van der Waals surface area contributed by atoms with Crippen molar-refractivity contribution in [2.45, 2.75) is 12.8 Å². The Morgan fingerprint density at radius 3 is 2.92 bits per heavy atom. The number of rotatable bonds is 3. The van der Waals surface area contributed by atoms with Gasteiger partial charge in [0, 0.05) is 22.2 Å². The summed E-state index contributed by atoms with van der Waals surface area (Å²) in [6.07, 6.45) is 3.45. The van der Waals surface area contributed by atoms with Crippen molar-refractivity contribution < 1.29 is 9.13 Å². The molecule has 3 nitrogen and oxygen atoms in total. The third kappa shape index (κ3) is 2.71. The minimum absolute atomic E-state index is 0.278.